The van der Waals surface area contributed by atoms with E-state index in [1.54, 1.807) is 0 Å². The van der Waals surface area contributed by atoms with Gasteiger partial charge in [-0.15, -0.1) is 0 Å². The van der Waals surface area contributed by atoms with E-state index >= 15 is 0 Å². The Kier molecular flexibility index (Phi) is 6.82. The van der Waals surface area contributed by atoms with Gasteiger partial charge in [-0.3, -0.25) is 25.2 Å². The first-order valence-corrected chi connectivity index (χ1v) is 9.86. The van der Waals surface area contributed by atoms with Crippen LogP contribution in [0, 0.1) is 0 Å². The third kappa shape index (κ3) is 5.33. The predicted octanol–water partition coefficient (Wildman–Crippen LogP) is 2.17. The molecular formula is C15H27F3N6O3S. The van der Waals surface area contributed by atoms with Crippen LogP contribution in [0.4, 0.5) is 13.2 Å². The monoisotopic (exact) mass is 428 g/mol. The molecule has 0 aromatic carbocycles. The summed E-state index contributed by atoms with van der Waals surface area (Å²) < 4.78 is 57.5. The minimum atomic E-state index is -5.84. The van der Waals surface area contributed by atoms with Crippen molar-refractivity contribution < 1.29 is 26.1 Å². The van der Waals surface area contributed by atoms with E-state index in [4.69, 9.17) is 13.0 Å². The molecular weight excluding hydrogens is 401 g/mol. The smallest absolute Gasteiger partial charge is 0.286 e. The molecule has 9 nitrogen and oxygen atoms in total. The molecule has 0 saturated carbocycles. The molecule has 2 unspecified atom stereocenters. The maximum Gasteiger partial charge on any atom is 0.522 e. The van der Waals surface area contributed by atoms with Crippen molar-refractivity contribution in [2.45, 2.75) is 69.5 Å². The highest BCUT2D eigenvalue weighted by Gasteiger charge is 2.46. The average Bonchev–Trinajstić information content (AvgIpc) is 3.15. The maximum absolute atomic E-state index is 10.7. The number of aliphatic imine (C=N–C) groups is 2. The molecule has 0 aliphatic carbocycles. The van der Waals surface area contributed by atoms with Gasteiger partial charge in [-0.2, -0.15) is 31.8 Å². The first kappa shape index (κ1) is 24.6. The topological polar surface area (TPSA) is 128 Å². The normalized spacial score (nSPS) is 28.6. The summed E-state index contributed by atoms with van der Waals surface area (Å²) in [6, 6.07) is 0. The molecule has 2 atom stereocenters. The Morgan fingerprint density at radius 2 is 1.21 bits per heavy atom. The number of hydrogen-bond donors (Lipinski definition) is 3. The van der Waals surface area contributed by atoms with E-state index in [2.05, 4.69) is 72.4 Å². The van der Waals surface area contributed by atoms with Crippen molar-refractivity contribution in [2.75, 3.05) is 13.1 Å². The van der Waals surface area contributed by atoms with Gasteiger partial charge in [0.05, 0.1) is 0 Å². The highest BCUT2D eigenvalue weighted by molar-refractivity contribution is 7.86. The fourth-order valence-corrected chi connectivity index (χ4v) is 2.23. The number of nitrogens with one attached hydrogen (secondary N) is 2. The van der Waals surface area contributed by atoms with Gasteiger partial charge in [0, 0.05) is 25.5 Å². The van der Waals surface area contributed by atoms with E-state index in [1.807, 2.05) is 12.4 Å². The summed E-state index contributed by atoms with van der Waals surface area (Å²) in [4.78, 5) is 9.04. The Hall–Kier alpha value is -1.44. The number of nitrogens with zero attached hydrogens (tertiary/aromatic N) is 4. The lowest BCUT2D eigenvalue weighted by Gasteiger charge is -2.38. The summed E-state index contributed by atoms with van der Waals surface area (Å²) in [5.74, 6) is 0. The lowest BCUT2D eigenvalue weighted by atomic mass is 9.89. The molecule has 0 fully saturated rings. The summed E-state index contributed by atoms with van der Waals surface area (Å²) in [6.45, 7) is 13.9. The van der Waals surface area contributed by atoms with Gasteiger partial charge >= 0.3 is 15.6 Å². The van der Waals surface area contributed by atoms with E-state index in [0.717, 1.165) is 13.1 Å². The molecule has 2 heterocycles. The summed E-state index contributed by atoms with van der Waals surface area (Å²) in [5, 5.41) is 15.9. The van der Waals surface area contributed by atoms with Gasteiger partial charge in [0.25, 0.3) is 0 Å². The standard InChI is InChI=1S/C14H26N6.CHF3O3S/c1-11(2,13(5)15-7-8-16-13)19-20-12(3,4)14(6)17-9-10-18-14;2-1(3,4)8(5,6)7/h7,9,16,18H,8,10H2,1-6H3;(H,5,6,7). The molecule has 13 heteroatoms. The third-order valence-corrected chi connectivity index (χ3v) is 5.58. The number of rotatable bonds is 4. The highest BCUT2D eigenvalue weighted by atomic mass is 32.2. The summed E-state index contributed by atoms with van der Waals surface area (Å²) in [7, 11) is -5.84. The minimum absolute atomic E-state index is 0.403. The lowest BCUT2D eigenvalue weighted by Crippen LogP contribution is -2.55. The van der Waals surface area contributed by atoms with Crippen LogP contribution in [0.2, 0.25) is 0 Å². The summed E-state index contributed by atoms with van der Waals surface area (Å²) >= 11 is 0. The number of halogens is 3. The van der Waals surface area contributed by atoms with Gasteiger partial charge in [0.1, 0.15) is 22.4 Å². The lowest BCUT2D eigenvalue weighted by molar-refractivity contribution is -0.0510. The van der Waals surface area contributed by atoms with Crippen molar-refractivity contribution >= 4 is 22.5 Å². The molecule has 2 aliphatic heterocycles. The van der Waals surface area contributed by atoms with E-state index in [0.29, 0.717) is 0 Å². The molecule has 2 aliphatic rings. The van der Waals surface area contributed by atoms with Gasteiger partial charge < -0.3 is 0 Å². The van der Waals surface area contributed by atoms with Crippen molar-refractivity contribution in [2.24, 2.45) is 20.2 Å². The van der Waals surface area contributed by atoms with E-state index < -0.39 is 38.0 Å². The van der Waals surface area contributed by atoms with Crippen molar-refractivity contribution in [1.82, 2.24) is 10.6 Å². The van der Waals surface area contributed by atoms with Crippen LogP contribution < -0.4 is 10.6 Å². The second-order valence-electron chi connectivity index (χ2n) is 7.77. The Morgan fingerprint density at radius 3 is 1.39 bits per heavy atom. The quantitative estimate of drug-likeness (QED) is 0.359. The second kappa shape index (κ2) is 7.76. The fourth-order valence-electron chi connectivity index (χ4n) is 2.23. The largest absolute Gasteiger partial charge is 0.522 e. The zero-order valence-corrected chi connectivity index (χ0v) is 17.5. The van der Waals surface area contributed by atoms with Crippen LogP contribution in [0.15, 0.2) is 20.2 Å². The van der Waals surface area contributed by atoms with Crippen molar-refractivity contribution in [3.8, 4) is 0 Å². The Labute approximate surface area is 162 Å². The molecule has 0 spiro atoms. The van der Waals surface area contributed by atoms with E-state index in [-0.39, 0.29) is 0 Å². The molecule has 0 saturated heterocycles. The van der Waals surface area contributed by atoms with Gasteiger partial charge in [0.15, 0.2) is 0 Å². The van der Waals surface area contributed by atoms with Gasteiger partial charge in [0.2, 0.25) is 0 Å². The van der Waals surface area contributed by atoms with E-state index in [1.165, 1.54) is 0 Å². The maximum atomic E-state index is 10.7. The number of azo groups is 1. The molecule has 0 bridgehead atoms. The Morgan fingerprint density at radius 1 is 0.929 bits per heavy atom. The van der Waals surface area contributed by atoms with Crippen molar-refractivity contribution in [3.05, 3.63) is 0 Å². The van der Waals surface area contributed by atoms with E-state index in [9.17, 15) is 13.2 Å². The minimum Gasteiger partial charge on any atom is -0.286 e. The Bertz CT molecular complexity index is 721. The van der Waals surface area contributed by atoms with Crippen molar-refractivity contribution in [1.29, 1.82) is 0 Å². The average molecular weight is 428 g/mol. The summed E-state index contributed by atoms with van der Waals surface area (Å²) in [5.41, 5.74) is -7.18. The van der Waals surface area contributed by atoms with Crippen LogP contribution in [0.5, 0.6) is 0 Å². The zero-order valence-electron chi connectivity index (χ0n) is 16.7. The van der Waals surface area contributed by atoms with Crippen LogP contribution >= 0.6 is 0 Å². The van der Waals surface area contributed by atoms with Gasteiger partial charge in [-0.25, -0.2) is 0 Å². The number of alkyl halides is 3. The fraction of sp³-hybridized carbons (Fsp3) is 0.867. The molecule has 0 aromatic heterocycles. The van der Waals surface area contributed by atoms with Crippen LogP contribution in [0.3, 0.4) is 0 Å². The van der Waals surface area contributed by atoms with Crippen LogP contribution in [0.1, 0.15) is 41.5 Å². The SMILES string of the molecule is CC(C)(N=NC(C)(C)C1(C)N=CCN1)C1(C)N=CCN1.O=S(=O)(O)C(F)(F)F. The molecule has 0 radical (unpaired) electrons. The van der Waals surface area contributed by atoms with Gasteiger partial charge in [-0.1, -0.05) is 0 Å². The third-order valence-electron chi connectivity index (χ3n) is 5.00. The van der Waals surface area contributed by atoms with Crippen molar-refractivity contribution in [3.63, 3.8) is 0 Å². The molecule has 0 amide bonds. The molecule has 162 valence electrons. The first-order chi connectivity index (χ1) is 12.4. The first-order valence-electron chi connectivity index (χ1n) is 8.42. The molecule has 28 heavy (non-hydrogen) atoms. The number of hydrogen-bond acceptors (Lipinski definition) is 8. The zero-order chi connectivity index (χ0) is 22.1. The van der Waals surface area contributed by atoms with Gasteiger partial charge in [-0.05, 0) is 41.5 Å². The van der Waals surface area contributed by atoms with Crippen LogP contribution in [0.25, 0.3) is 0 Å². The second-order valence-corrected chi connectivity index (χ2v) is 9.18. The predicted molar refractivity (Wildman–Crippen MR) is 100 cm³/mol. The molecule has 0 aromatic rings. The molecule has 2 rings (SSSR count). The van der Waals surface area contributed by atoms with Crippen LogP contribution in [-0.2, 0) is 10.1 Å². The molecule has 3 N–H and O–H groups in total. The van der Waals surface area contributed by atoms with Crippen LogP contribution in [-0.4, -0.2) is 66.4 Å². The Balaban J connectivity index is 0.000000416. The highest BCUT2D eigenvalue weighted by Crippen LogP contribution is 2.34. The summed E-state index contributed by atoms with van der Waals surface area (Å²) in [6.07, 6.45) is 3.79.